The van der Waals surface area contributed by atoms with Crippen LogP contribution < -0.4 is 5.32 Å². The Labute approximate surface area is 126 Å². The Hall–Kier alpha value is -1.39. The molecule has 4 heteroatoms. The number of ether oxygens (including phenoxy) is 1. The molecule has 0 radical (unpaired) electrons. The van der Waals surface area contributed by atoms with E-state index in [1.54, 1.807) is 4.90 Å². The predicted octanol–water partition coefficient (Wildman–Crippen LogP) is 1.97. The van der Waals surface area contributed by atoms with Crippen molar-refractivity contribution in [2.45, 2.75) is 38.3 Å². The molecule has 1 N–H and O–H groups in total. The number of benzene rings is 1. The molecule has 1 aromatic rings. The van der Waals surface area contributed by atoms with E-state index in [9.17, 15) is 4.79 Å². The molecular formula is C17H24N2O2. The van der Waals surface area contributed by atoms with E-state index in [0.717, 1.165) is 44.5 Å². The van der Waals surface area contributed by atoms with Gasteiger partial charge in [0.1, 0.15) is 0 Å². The second kappa shape index (κ2) is 6.58. The number of amides is 1. The van der Waals surface area contributed by atoms with Crippen molar-refractivity contribution < 1.29 is 9.53 Å². The number of hydrogen-bond acceptors (Lipinski definition) is 3. The monoisotopic (exact) mass is 288 g/mol. The van der Waals surface area contributed by atoms with Gasteiger partial charge in [-0.2, -0.15) is 0 Å². The topological polar surface area (TPSA) is 41.6 Å². The fourth-order valence-electron chi connectivity index (χ4n) is 3.17. The standard InChI is InChI=1S/C17H24N2O2/c1-19(12-16-4-2-3-9-21-16)17(20)14-6-5-13-7-8-18-11-15(13)10-14/h5-6,10,16,18H,2-4,7-9,11-12H2,1H3. The molecule has 0 bridgehead atoms. The minimum absolute atomic E-state index is 0.0950. The summed E-state index contributed by atoms with van der Waals surface area (Å²) in [5.74, 6) is 0.0950. The lowest BCUT2D eigenvalue weighted by Gasteiger charge is -2.27. The predicted molar refractivity (Wildman–Crippen MR) is 82.4 cm³/mol. The first-order chi connectivity index (χ1) is 10.2. The van der Waals surface area contributed by atoms with Gasteiger partial charge in [0.05, 0.1) is 6.10 Å². The van der Waals surface area contributed by atoms with Crippen molar-refractivity contribution in [2.24, 2.45) is 0 Å². The van der Waals surface area contributed by atoms with Gasteiger partial charge in [0.25, 0.3) is 5.91 Å². The SMILES string of the molecule is CN(CC1CCCCO1)C(=O)c1ccc2c(c1)CNCC2. The summed E-state index contributed by atoms with van der Waals surface area (Å²) in [4.78, 5) is 14.4. The van der Waals surface area contributed by atoms with Crippen molar-refractivity contribution in [3.05, 3.63) is 34.9 Å². The van der Waals surface area contributed by atoms with Gasteiger partial charge >= 0.3 is 0 Å². The lowest BCUT2D eigenvalue weighted by atomic mass is 9.98. The summed E-state index contributed by atoms with van der Waals surface area (Å²) in [6, 6.07) is 6.11. The van der Waals surface area contributed by atoms with Crippen LogP contribution in [0.3, 0.4) is 0 Å². The van der Waals surface area contributed by atoms with Crippen LogP contribution in [-0.2, 0) is 17.7 Å². The molecule has 1 saturated heterocycles. The molecule has 0 aromatic heterocycles. The molecule has 0 spiro atoms. The summed E-state index contributed by atoms with van der Waals surface area (Å²) in [7, 11) is 1.87. The van der Waals surface area contributed by atoms with Gasteiger partial charge in [-0.1, -0.05) is 6.07 Å². The molecule has 0 saturated carbocycles. The molecule has 1 fully saturated rings. The van der Waals surface area contributed by atoms with E-state index < -0.39 is 0 Å². The second-order valence-corrected chi connectivity index (χ2v) is 6.08. The van der Waals surface area contributed by atoms with E-state index in [2.05, 4.69) is 11.4 Å². The van der Waals surface area contributed by atoms with Gasteiger partial charge in [0.15, 0.2) is 0 Å². The largest absolute Gasteiger partial charge is 0.376 e. The molecule has 2 aliphatic heterocycles. The summed E-state index contributed by atoms with van der Waals surface area (Å²) in [6.45, 7) is 3.41. The number of fused-ring (bicyclic) bond motifs is 1. The van der Waals surface area contributed by atoms with Gasteiger partial charge in [-0.3, -0.25) is 4.79 Å². The van der Waals surface area contributed by atoms with Crippen LogP contribution in [-0.4, -0.2) is 43.7 Å². The summed E-state index contributed by atoms with van der Waals surface area (Å²) in [6.07, 6.45) is 4.66. The first-order valence-electron chi connectivity index (χ1n) is 7.93. The van der Waals surface area contributed by atoms with Crippen molar-refractivity contribution >= 4 is 5.91 Å². The molecule has 1 amide bonds. The first-order valence-corrected chi connectivity index (χ1v) is 7.93. The van der Waals surface area contributed by atoms with Crippen molar-refractivity contribution in [2.75, 3.05) is 26.7 Å². The number of likely N-dealkylation sites (N-methyl/N-ethyl adjacent to an activating group) is 1. The average Bonchev–Trinajstić information content (AvgIpc) is 2.54. The number of nitrogens with one attached hydrogen (secondary N) is 1. The van der Waals surface area contributed by atoms with Gasteiger partial charge < -0.3 is 15.0 Å². The van der Waals surface area contributed by atoms with E-state index in [1.807, 2.05) is 19.2 Å². The zero-order valence-electron chi connectivity index (χ0n) is 12.7. The molecule has 1 unspecified atom stereocenters. The van der Waals surface area contributed by atoms with Crippen LogP contribution >= 0.6 is 0 Å². The maximum absolute atomic E-state index is 12.6. The lowest BCUT2D eigenvalue weighted by molar-refractivity contribution is -0.000189. The number of hydrogen-bond donors (Lipinski definition) is 1. The summed E-state index contributed by atoms with van der Waals surface area (Å²) in [5.41, 5.74) is 3.41. The molecule has 3 rings (SSSR count). The third-order valence-corrected chi connectivity index (χ3v) is 4.44. The zero-order valence-corrected chi connectivity index (χ0v) is 12.7. The van der Waals surface area contributed by atoms with Gasteiger partial charge in [-0.05, 0) is 55.5 Å². The second-order valence-electron chi connectivity index (χ2n) is 6.08. The van der Waals surface area contributed by atoms with Crippen LogP contribution in [0.1, 0.15) is 40.7 Å². The highest BCUT2D eigenvalue weighted by molar-refractivity contribution is 5.94. The Morgan fingerprint density at radius 2 is 2.29 bits per heavy atom. The third-order valence-electron chi connectivity index (χ3n) is 4.44. The number of nitrogens with zero attached hydrogens (tertiary/aromatic N) is 1. The summed E-state index contributed by atoms with van der Waals surface area (Å²) in [5, 5.41) is 3.36. The normalized spacial score (nSPS) is 21.7. The molecule has 0 aliphatic carbocycles. The van der Waals surface area contributed by atoms with Crippen molar-refractivity contribution in [1.82, 2.24) is 10.2 Å². The molecule has 114 valence electrons. The molecular weight excluding hydrogens is 264 g/mol. The van der Waals surface area contributed by atoms with Crippen LogP contribution in [0.25, 0.3) is 0 Å². The van der Waals surface area contributed by atoms with Gasteiger partial charge in [-0.15, -0.1) is 0 Å². The Kier molecular flexibility index (Phi) is 4.56. The van der Waals surface area contributed by atoms with Gasteiger partial charge in [0.2, 0.25) is 0 Å². The van der Waals surface area contributed by atoms with Crippen molar-refractivity contribution in [3.63, 3.8) is 0 Å². The maximum atomic E-state index is 12.6. The molecule has 1 aromatic carbocycles. The summed E-state index contributed by atoms with van der Waals surface area (Å²) < 4.78 is 5.72. The van der Waals surface area contributed by atoms with Gasteiger partial charge in [-0.25, -0.2) is 0 Å². The van der Waals surface area contributed by atoms with Crippen LogP contribution in [0.15, 0.2) is 18.2 Å². The van der Waals surface area contributed by atoms with Crippen LogP contribution in [0.4, 0.5) is 0 Å². The van der Waals surface area contributed by atoms with Crippen LogP contribution in [0, 0.1) is 0 Å². The quantitative estimate of drug-likeness (QED) is 0.924. The zero-order chi connectivity index (χ0) is 14.7. The fraction of sp³-hybridized carbons (Fsp3) is 0.588. The highest BCUT2D eigenvalue weighted by Gasteiger charge is 2.20. The van der Waals surface area contributed by atoms with Crippen molar-refractivity contribution in [1.29, 1.82) is 0 Å². The Balaban J connectivity index is 1.66. The third kappa shape index (κ3) is 3.44. The van der Waals surface area contributed by atoms with E-state index in [-0.39, 0.29) is 12.0 Å². The first kappa shape index (κ1) is 14.5. The Morgan fingerprint density at radius 3 is 3.10 bits per heavy atom. The smallest absolute Gasteiger partial charge is 0.253 e. The maximum Gasteiger partial charge on any atom is 0.253 e. The highest BCUT2D eigenvalue weighted by atomic mass is 16.5. The van der Waals surface area contributed by atoms with E-state index in [1.165, 1.54) is 17.5 Å². The minimum atomic E-state index is 0.0950. The minimum Gasteiger partial charge on any atom is -0.376 e. The molecule has 4 nitrogen and oxygen atoms in total. The number of carbonyl (C=O) groups is 1. The van der Waals surface area contributed by atoms with E-state index >= 15 is 0 Å². The average molecular weight is 288 g/mol. The highest BCUT2D eigenvalue weighted by Crippen LogP contribution is 2.18. The van der Waals surface area contributed by atoms with E-state index in [0.29, 0.717) is 6.54 Å². The van der Waals surface area contributed by atoms with Crippen LogP contribution in [0.2, 0.25) is 0 Å². The molecule has 2 heterocycles. The van der Waals surface area contributed by atoms with E-state index in [4.69, 9.17) is 4.74 Å². The van der Waals surface area contributed by atoms with Gasteiger partial charge in [0, 0.05) is 32.3 Å². The fourth-order valence-corrected chi connectivity index (χ4v) is 3.17. The number of carbonyl (C=O) groups excluding carboxylic acids is 1. The van der Waals surface area contributed by atoms with Crippen molar-refractivity contribution in [3.8, 4) is 0 Å². The summed E-state index contributed by atoms with van der Waals surface area (Å²) >= 11 is 0. The molecule has 2 aliphatic rings. The molecule has 1 atom stereocenters. The Bertz CT molecular complexity index is 510. The number of rotatable bonds is 3. The Morgan fingerprint density at radius 1 is 1.38 bits per heavy atom. The molecule has 21 heavy (non-hydrogen) atoms. The van der Waals surface area contributed by atoms with Crippen LogP contribution in [0.5, 0.6) is 0 Å². The lowest BCUT2D eigenvalue weighted by Crippen LogP contribution is -2.37.